The van der Waals surface area contributed by atoms with Gasteiger partial charge in [0.15, 0.2) is 0 Å². The van der Waals surface area contributed by atoms with E-state index in [1.807, 2.05) is 12.1 Å². The molecule has 0 unspecified atom stereocenters. The van der Waals surface area contributed by atoms with Gasteiger partial charge in [0.2, 0.25) is 0 Å². The number of hydrogen-bond acceptors (Lipinski definition) is 1. The first kappa shape index (κ1) is 12.0. The Morgan fingerprint density at radius 1 is 1.25 bits per heavy atom. The smallest absolute Gasteiger partial charge is 0.0453 e. The summed E-state index contributed by atoms with van der Waals surface area (Å²) in [6, 6.07) is 5.45. The summed E-state index contributed by atoms with van der Waals surface area (Å²) in [6.07, 6.45) is 0.802. The number of hydrogen-bond donors (Lipinski definition) is 1. The molecule has 1 aromatic carbocycles. The average Bonchev–Trinajstić information content (AvgIpc) is 1.95. The fourth-order valence-corrected chi connectivity index (χ4v) is 1.38. The van der Waals surface area contributed by atoms with Crippen molar-refractivity contribution in [3.8, 4) is 0 Å². The Morgan fingerprint density at radius 3 is 2.42 bits per heavy atom. The molecule has 0 bridgehead atoms. The van der Waals surface area contributed by atoms with Gasteiger partial charge in [-0.15, -0.1) is 12.4 Å². The molecule has 68 valence electrons. The van der Waals surface area contributed by atoms with Crippen molar-refractivity contribution in [2.75, 3.05) is 6.54 Å². The van der Waals surface area contributed by atoms with Gasteiger partial charge in [0, 0.05) is 10.0 Å². The normalized spacial score (nSPS) is 9.25. The summed E-state index contributed by atoms with van der Waals surface area (Å²) in [5.41, 5.74) is 6.43. The second-order valence-corrected chi connectivity index (χ2v) is 3.12. The minimum absolute atomic E-state index is 0. The second-order valence-electron chi connectivity index (χ2n) is 2.27. The third-order valence-electron chi connectivity index (χ3n) is 1.43. The predicted octanol–water partition coefficient (Wildman–Crippen LogP) is 2.92. The highest BCUT2D eigenvalue weighted by molar-refractivity contribution is 6.35. The third kappa shape index (κ3) is 3.20. The summed E-state index contributed by atoms with van der Waals surface area (Å²) >= 11 is 11.6. The van der Waals surface area contributed by atoms with E-state index in [1.54, 1.807) is 6.07 Å². The van der Waals surface area contributed by atoms with Crippen LogP contribution in [0.15, 0.2) is 18.2 Å². The van der Waals surface area contributed by atoms with E-state index < -0.39 is 0 Å². The lowest BCUT2D eigenvalue weighted by Gasteiger charge is -2.01. The number of benzene rings is 1. The Bertz CT molecular complexity index is 250. The van der Waals surface area contributed by atoms with Gasteiger partial charge in [0.25, 0.3) is 0 Å². The summed E-state index contributed by atoms with van der Waals surface area (Å²) < 4.78 is 0. The van der Waals surface area contributed by atoms with Gasteiger partial charge in [0.05, 0.1) is 0 Å². The van der Waals surface area contributed by atoms with Gasteiger partial charge in [0.1, 0.15) is 0 Å². The van der Waals surface area contributed by atoms with E-state index in [1.165, 1.54) is 0 Å². The highest BCUT2D eigenvalue weighted by Crippen LogP contribution is 2.20. The Kier molecular flexibility index (Phi) is 5.68. The van der Waals surface area contributed by atoms with E-state index in [0.29, 0.717) is 16.6 Å². The van der Waals surface area contributed by atoms with Crippen LogP contribution in [0.4, 0.5) is 0 Å². The molecule has 0 aliphatic carbocycles. The SMILES string of the molecule is Cl.NCCc1ccc(Cl)cc1Cl. The second kappa shape index (κ2) is 5.65. The van der Waals surface area contributed by atoms with Gasteiger partial charge in [-0.1, -0.05) is 29.3 Å². The average molecular weight is 227 g/mol. The van der Waals surface area contributed by atoms with Crippen LogP contribution in [-0.2, 0) is 6.42 Å². The van der Waals surface area contributed by atoms with Crippen LogP contribution < -0.4 is 5.73 Å². The predicted molar refractivity (Wildman–Crippen MR) is 56.5 cm³/mol. The van der Waals surface area contributed by atoms with Gasteiger partial charge in [-0.05, 0) is 30.7 Å². The maximum Gasteiger partial charge on any atom is 0.0453 e. The zero-order valence-corrected chi connectivity index (χ0v) is 8.72. The largest absolute Gasteiger partial charge is 0.330 e. The number of nitrogens with two attached hydrogens (primary N) is 1. The Hall–Kier alpha value is 0.0500. The highest BCUT2D eigenvalue weighted by Gasteiger charge is 1.98. The van der Waals surface area contributed by atoms with Crippen molar-refractivity contribution in [1.82, 2.24) is 0 Å². The van der Waals surface area contributed by atoms with Crippen molar-refractivity contribution in [1.29, 1.82) is 0 Å². The van der Waals surface area contributed by atoms with Crippen molar-refractivity contribution >= 4 is 35.6 Å². The summed E-state index contributed by atoms with van der Waals surface area (Å²) in [6.45, 7) is 0.612. The van der Waals surface area contributed by atoms with Gasteiger partial charge in [-0.25, -0.2) is 0 Å². The Morgan fingerprint density at radius 2 is 1.92 bits per heavy atom. The first-order chi connectivity index (χ1) is 5.24. The van der Waals surface area contributed by atoms with Gasteiger partial charge in [-0.3, -0.25) is 0 Å². The molecule has 0 atom stereocenters. The van der Waals surface area contributed by atoms with Crippen LogP contribution in [0.5, 0.6) is 0 Å². The van der Waals surface area contributed by atoms with Gasteiger partial charge >= 0.3 is 0 Å². The molecule has 1 rings (SSSR count). The van der Waals surface area contributed by atoms with Crippen molar-refractivity contribution in [3.05, 3.63) is 33.8 Å². The van der Waals surface area contributed by atoms with Crippen LogP contribution in [0.25, 0.3) is 0 Å². The zero-order chi connectivity index (χ0) is 8.27. The van der Waals surface area contributed by atoms with E-state index in [-0.39, 0.29) is 12.4 Å². The molecule has 0 aliphatic heterocycles. The van der Waals surface area contributed by atoms with Crippen LogP contribution >= 0.6 is 35.6 Å². The van der Waals surface area contributed by atoms with E-state index in [2.05, 4.69) is 0 Å². The van der Waals surface area contributed by atoms with E-state index in [0.717, 1.165) is 12.0 Å². The van der Waals surface area contributed by atoms with Crippen LogP contribution in [0.3, 0.4) is 0 Å². The topological polar surface area (TPSA) is 26.0 Å². The maximum absolute atomic E-state index is 5.87. The lowest BCUT2D eigenvalue weighted by molar-refractivity contribution is 0.969. The monoisotopic (exact) mass is 225 g/mol. The van der Waals surface area contributed by atoms with Crippen LogP contribution in [0.1, 0.15) is 5.56 Å². The van der Waals surface area contributed by atoms with Crippen molar-refractivity contribution < 1.29 is 0 Å². The van der Waals surface area contributed by atoms with E-state index >= 15 is 0 Å². The molecule has 0 saturated heterocycles. The molecule has 0 spiro atoms. The number of halogens is 3. The summed E-state index contributed by atoms with van der Waals surface area (Å²) in [5, 5.41) is 1.36. The summed E-state index contributed by atoms with van der Waals surface area (Å²) in [4.78, 5) is 0. The first-order valence-corrected chi connectivity index (χ1v) is 4.13. The van der Waals surface area contributed by atoms with E-state index in [9.17, 15) is 0 Å². The third-order valence-corrected chi connectivity index (χ3v) is 2.02. The molecular weight excluding hydrogens is 216 g/mol. The van der Waals surface area contributed by atoms with Crippen molar-refractivity contribution in [2.24, 2.45) is 5.73 Å². The lowest BCUT2D eigenvalue weighted by atomic mass is 10.1. The number of rotatable bonds is 2. The molecule has 0 fully saturated rings. The van der Waals surface area contributed by atoms with Gasteiger partial charge in [-0.2, -0.15) is 0 Å². The van der Waals surface area contributed by atoms with Gasteiger partial charge < -0.3 is 5.73 Å². The van der Waals surface area contributed by atoms with Crippen molar-refractivity contribution in [2.45, 2.75) is 6.42 Å². The van der Waals surface area contributed by atoms with Crippen LogP contribution in [0.2, 0.25) is 10.0 Å². The summed E-state index contributed by atoms with van der Waals surface area (Å²) in [5.74, 6) is 0. The molecular formula is C8H10Cl3N. The lowest BCUT2D eigenvalue weighted by Crippen LogP contribution is -2.02. The fourth-order valence-electron chi connectivity index (χ4n) is 0.880. The molecule has 0 saturated carbocycles. The molecule has 0 amide bonds. The molecule has 0 aromatic heterocycles. The van der Waals surface area contributed by atoms with Crippen molar-refractivity contribution in [3.63, 3.8) is 0 Å². The molecule has 1 nitrogen and oxygen atoms in total. The Balaban J connectivity index is 0.00000121. The Labute approximate surface area is 88.3 Å². The molecule has 0 heterocycles. The quantitative estimate of drug-likeness (QED) is 0.824. The van der Waals surface area contributed by atoms with Crippen LogP contribution in [-0.4, -0.2) is 6.54 Å². The molecule has 0 radical (unpaired) electrons. The molecule has 1 aromatic rings. The first-order valence-electron chi connectivity index (χ1n) is 3.38. The highest BCUT2D eigenvalue weighted by atomic mass is 35.5. The molecule has 0 aliphatic rings. The fraction of sp³-hybridized carbons (Fsp3) is 0.250. The van der Waals surface area contributed by atoms with E-state index in [4.69, 9.17) is 28.9 Å². The summed E-state index contributed by atoms with van der Waals surface area (Å²) in [7, 11) is 0. The minimum atomic E-state index is 0. The standard InChI is InChI=1S/C8H9Cl2N.ClH/c9-7-2-1-6(3-4-11)8(10)5-7;/h1-2,5H,3-4,11H2;1H. The minimum Gasteiger partial charge on any atom is -0.330 e. The maximum atomic E-state index is 5.87. The molecule has 4 heteroatoms. The zero-order valence-electron chi connectivity index (χ0n) is 6.39. The molecule has 12 heavy (non-hydrogen) atoms. The van der Waals surface area contributed by atoms with Crippen LogP contribution in [0, 0.1) is 0 Å². The molecule has 2 N–H and O–H groups in total.